The molecule has 3 N–H and O–H groups in total. The Kier molecular flexibility index (Phi) is 11.4. The summed E-state index contributed by atoms with van der Waals surface area (Å²) in [6.07, 6.45) is 8.60. The summed E-state index contributed by atoms with van der Waals surface area (Å²) < 4.78 is 43.4. The van der Waals surface area contributed by atoms with E-state index in [1.807, 2.05) is 42.5 Å². The number of piperidine rings is 1. The van der Waals surface area contributed by atoms with Crippen LogP contribution in [0.5, 0.6) is 11.5 Å². The molecule has 17 heteroatoms. The summed E-state index contributed by atoms with van der Waals surface area (Å²) in [5.41, 5.74) is 4.42. The molecule has 6 heterocycles. The van der Waals surface area contributed by atoms with Gasteiger partial charge in [0.15, 0.2) is 5.65 Å². The van der Waals surface area contributed by atoms with Gasteiger partial charge in [-0.3, -0.25) is 4.79 Å². The summed E-state index contributed by atoms with van der Waals surface area (Å²) in [4.78, 5) is 44.8. The molecule has 0 bridgehead atoms. The Bertz CT molecular complexity index is 2830. The smallest absolute Gasteiger partial charge is 0.268 e. The van der Waals surface area contributed by atoms with E-state index in [1.54, 1.807) is 36.7 Å². The predicted molar refractivity (Wildman–Crippen MR) is 234 cm³/mol. The van der Waals surface area contributed by atoms with E-state index in [1.165, 1.54) is 18.3 Å². The number of carbonyl (C=O) groups excluding carboxylic acids is 1. The average Bonchev–Trinajstić information content (AvgIpc) is 3.91. The van der Waals surface area contributed by atoms with Crippen LogP contribution in [0, 0.1) is 16.7 Å². The molecule has 4 aromatic heterocycles. The Morgan fingerprint density at radius 2 is 1.77 bits per heavy atom. The number of rotatable bonds is 13. The predicted octanol–water partition coefficient (Wildman–Crippen LogP) is 8.69. The van der Waals surface area contributed by atoms with E-state index in [0.29, 0.717) is 53.7 Å². The molecule has 7 aromatic rings. The van der Waals surface area contributed by atoms with Crippen LogP contribution in [0.2, 0.25) is 5.02 Å². The van der Waals surface area contributed by atoms with Gasteiger partial charge in [0.05, 0.1) is 22.3 Å². The van der Waals surface area contributed by atoms with E-state index in [9.17, 15) is 18.1 Å². The minimum absolute atomic E-state index is 0.00549. The Balaban J connectivity index is 0.935. The van der Waals surface area contributed by atoms with Crippen molar-refractivity contribution in [2.75, 3.05) is 43.1 Å². The summed E-state index contributed by atoms with van der Waals surface area (Å²) in [6, 6.07) is 24.2. The molecule has 2 aliphatic rings. The van der Waals surface area contributed by atoms with Crippen molar-refractivity contribution in [3.63, 3.8) is 0 Å². The Hall–Kier alpha value is -6.36. The highest BCUT2D eigenvalue weighted by Crippen LogP contribution is 2.35. The van der Waals surface area contributed by atoms with Crippen molar-refractivity contribution in [1.29, 1.82) is 0 Å². The molecule has 0 saturated carbocycles. The van der Waals surface area contributed by atoms with Crippen LogP contribution in [0.1, 0.15) is 36.0 Å². The summed E-state index contributed by atoms with van der Waals surface area (Å²) in [6.45, 7) is 4.12. The topological polar surface area (TPSA) is 186 Å². The lowest BCUT2D eigenvalue weighted by Crippen LogP contribution is -2.35. The Labute approximate surface area is 356 Å². The highest BCUT2D eigenvalue weighted by atomic mass is 35.5. The highest BCUT2D eigenvalue weighted by Gasteiger charge is 2.27. The number of pyridine rings is 2. The zero-order chi connectivity index (χ0) is 41.9. The number of ether oxygens (including phenoxy) is 2. The lowest BCUT2D eigenvalue weighted by atomic mass is 9.96. The van der Waals surface area contributed by atoms with Crippen LogP contribution in [-0.2, 0) is 21.3 Å². The maximum absolute atomic E-state index is 13.9. The minimum Gasteiger partial charge on any atom is -0.455 e. The third-order valence-corrected chi connectivity index (χ3v) is 12.9. The number of halogens is 1. The van der Waals surface area contributed by atoms with Crippen molar-refractivity contribution in [2.24, 2.45) is 17.0 Å². The molecular formula is C44H42ClN9O6S. The highest BCUT2D eigenvalue weighted by molar-refractivity contribution is 7.90. The van der Waals surface area contributed by atoms with Gasteiger partial charge in [0.25, 0.3) is 15.9 Å². The van der Waals surface area contributed by atoms with E-state index < -0.39 is 15.9 Å². The number of sulfonamides is 1. The lowest BCUT2D eigenvalue weighted by molar-refractivity contribution is 0.0699. The van der Waals surface area contributed by atoms with Gasteiger partial charge >= 0.3 is 0 Å². The molecule has 0 atom stereocenters. The summed E-state index contributed by atoms with van der Waals surface area (Å²) in [5.74, 6) is 1.13. The minimum atomic E-state index is -4.44. The standard InChI is InChI=1S/C44H42ClN9O6S/c45-32-5-3-30(4-6-32)42-50-38-2-1-16-47-43(38)54(42)27-29-12-18-53(19-13-29)33-7-9-36(40(23-33)60-34-22-31-11-17-46-41(31)49-26-34)44(55)52-61(57,58)35-8-10-37(39(24-35)51-56)48-25-28-14-20-59-21-15-28/h1-11,16-17,22-24,26,28-29,48H,12-15,18-21,25,27H2,(H,46,49)(H,52,55). The molecular weight excluding hydrogens is 818 g/mol. The number of benzene rings is 3. The Morgan fingerprint density at radius 3 is 2.57 bits per heavy atom. The molecule has 1 amide bonds. The number of aromatic nitrogens is 5. The van der Waals surface area contributed by atoms with Crippen LogP contribution in [0.3, 0.4) is 0 Å². The first-order chi connectivity index (χ1) is 29.7. The van der Waals surface area contributed by atoms with Gasteiger partial charge < -0.3 is 29.2 Å². The van der Waals surface area contributed by atoms with Gasteiger partial charge in [0.2, 0.25) is 0 Å². The first-order valence-electron chi connectivity index (χ1n) is 20.1. The maximum atomic E-state index is 13.9. The third-order valence-electron chi connectivity index (χ3n) is 11.4. The zero-order valence-corrected chi connectivity index (χ0v) is 34.5. The van der Waals surface area contributed by atoms with Crippen LogP contribution in [0.15, 0.2) is 114 Å². The quantitative estimate of drug-likeness (QED) is 0.0942. The first kappa shape index (κ1) is 40.1. The van der Waals surface area contributed by atoms with Crippen molar-refractivity contribution in [1.82, 2.24) is 29.2 Å². The molecule has 0 aliphatic carbocycles. The second-order valence-electron chi connectivity index (χ2n) is 15.3. The summed E-state index contributed by atoms with van der Waals surface area (Å²) in [7, 11) is -4.44. The molecule has 2 fully saturated rings. The van der Waals surface area contributed by atoms with Gasteiger partial charge in [-0.05, 0) is 122 Å². The number of imidazole rings is 1. The first-order valence-corrected chi connectivity index (χ1v) is 22.0. The molecule has 61 heavy (non-hydrogen) atoms. The molecule has 0 radical (unpaired) electrons. The van der Waals surface area contributed by atoms with Crippen LogP contribution >= 0.6 is 11.6 Å². The number of hydrogen-bond donors (Lipinski definition) is 3. The number of nitrogens with zero attached hydrogens (tertiary/aromatic N) is 6. The summed E-state index contributed by atoms with van der Waals surface area (Å²) >= 11 is 6.20. The van der Waals surface area contributed by atoms with Gasteiger partial charge in [0.1, 0.15) is 34.2 Å². The molecule has 9 rings (SSSR count). The molecule has 15 nitrogen and oxygen atoms in total. The third kappa shape index (κ3) is 8.78. The van der Waals surface area contributed by atoms with Crippen molar-refractivity contribution in [3.8, 4) is 22.9 Å². The van der Waals surface area contributed by atoms with Crippen LogP contribution in [0.25, 0.3) is 33.6 Å². The molecule has 0 unspecified atom stereocenters. The van der Waals surface area contributed by atoms with Gasteiger partial charge in [-0.15, -0.1) is 4.91 Å². The normalized spacial score (nSPS) is 15.3. The van der Waals surface area contributed by atoms with Crippen molar-refractivity contribution in [3.05, 3.63) is 119 Å². The Morgan fingerprint density at radius 1 is 0.951 bits per heavy atom. The fraction of sp³-hybridized carbons (Fsp3) is 0.273. The molecule has 312 valence electrons. The number of fused-ring (bicyclic) bond motifs is 2. The number of aromatic amines is 1. The monoisotopic (exact) mass is 859 g/mol. The summed E-state index contributed by atoms with van der Waals surface area (Å²) in [5, 5.41) is 7.74. The molecule has 2 saturated heterocycles. The maximum Gasteiger partial charge on any atom is 0.268 e. The van der Waals surface area contributed by atoms with E-state index >= 15 is 0 Å². The van der Waals surface area contributed by atoms with Crippen molar-refractivity contribution < 1.29 is 22.7 Å². The fourth-order valence-electron chi connectivity index (χ4n) is 8.01. The number of amides is 1. The van der Waals surface area contributed by atoms with Crippen molar-refractivity contribution >= 4 is 66.8 Å². The van der Waals surface area contributed by atoms with Gasteiger partial charge in [-0.2, -0.15) is 0 Å². The van der Waals surface area contributed by atoms with Crippen LogP contribution in [0.4, 0.5) is 17.1 Å². The van der Waals surface area contributed by atoms with Gasteiger partial charge in [-0.1, -0.05) is 11.6 Å². The second kappa shape index (κ2) is 17.3. The van der Waals surface area contributed by atoms with Gasteiger partial charge in [0, 0.05) is 79.5 Å². The van der Waals surface area contributed by atoms with E-state index in [-0.39, 0.29) is 21.9 Å². The molecule has 3 aromatic carbocycles. The van der Waals surface area contributed by atoms with Crippen LogP contribution in [-0.4, -0.2) is 71.7 Å². The SMILES string of the molecule is O=Nc1cc(S(=O)(=O)NC(=O)c2ccc(N3CCC(Cn4c(-c5ccc(Cl)cc5)nc5cccnc54)CC3)cc2Oc2cnc3[nH]ccc3c2)ccc1NCC1CCOCC1. The lowest BCUT2D eigenvalue weighted by Gasteiger charge is -2.34. The largest absolute Gasteiger partial charge is 0.455 e. The van der Waals surface area contributed by atoms with Gasteiger partial charge in [-0.25, -0.2) is 28.1 Å². The zero-order valence-electron chi connectivity index (χ0n) is 33.0. The number of nitroso groups, excluding NO2 is 1. The van der Waals surface area contributed by atoms with E-state index in [2.05, 4.69) is 39.6 Å². The van der Waals surface area contributed by atoms with Crippen LogP contribution < -0.4 is 19.7 Å². The fourth-order valence-corrected chi connectivity index (χ4v) is 9.12. The van der Waals surface area contributed by atoms with Crippen molar-refractivity contribution in [2.45, 2.75) is 37.1 Å². The number of hydrogen-bond acceptors (Lipinski definition) is 12. The molecule has 0 spiro atoms. The van der Waals surface area contributed by atoms with E-state index in [0.717, 1.165) is 85.0 Å². The number of nitrogens with one attached hydrogen (secondary N) is 3. The number of carbonyl (C=O) groups is 1. The van der Waals surface area contributed by atoms with E-state index in [4.69, 9.17) is 26.1 Å². The second-order valence-corrected chi connectivity index (χ2v) is 17.5. The number of H-pyrrole nitrogens is 1. The average molecular weight is 860 g/mol. The number of anilines is 2. The molecule has 2 aliphatic heterocycles.